The van der Waals surface area contributed by atoms with Gasteiger partial charge in [-0.3, -0.25) is 10.00 Å². The van der Waals surface area contributed by atoms with Crippen LogP contribution in [-0.4, -0.2) is 43.8 Å². The summed E-state index contributed by atoms with van der Waals surface area (Å²) in [5, 5.41) is 7.44. The van der Waals surface area contributed by atoms with Crippen molar-refractivity contribution < 1.29 is 0 Å². The molecule has 6 heteroatoms. The van der Waals surface area contributed by atoms with Crippen LogP contribution in [0.2, 0.25) is 0 Å². The Bertz CT molecular complexity index is 804. The zero-order valence-corrected chi connectivity index (χ0v) is 16.0. The maximum absolute atomic E-state index is 4.41. The van der Waals surface area contributed by atoms with Crippen LogP contribution in [-0.2, 0) is 6.54 Å². The molecular formula is C20H26ClN5. The second-order valence-electron chi connectivity index (χ2n) is 6.90. The monoisotopic (exact) mass is 371 g/mol. The lowest BCUT2D eigenvalue weighted by Gasteiger charge is -2.32. The van der Waals surface area contributed by atoms with Crippen LogP contribution in [0, 0.1) is 0 Å². The van der Waals surface area contributed by atoms with Crippen molar-refractivity contribution in [3.05, 3.63) is 49.1 Å². The summed E-state index contributed by atoms with van der Waals surface area (Å²) < 4.78 is 2.26. The third-order valence-electron chi connectivity index (χ3n) is 5.16. The van der Waals surface area contributed by atoms with E-state index in [1.165, 1.54) is 32.4 Å². The Kier molecular flexibility index (Phi) is 6.12. The van der Waals surface area contributed by atoms with E-state index in [-0.39, 0.29) is 12.4 Å². The summed E-state index contributed by atoms with van der Waals surface area (Å²) in [6.45, 7) is 5.70. The first kappa shape index (κ1) is 18.7. The number of nitrogens with zero attached hydrogens (tertiary/aromatic N) is 4. The average molecular weight is 372 g/mol. The zero-order chi connectivity index (χ0) is 17.1. The highest BCUT2D eigenvalue weighted by molar-refractivity contribution is 5.85. The lowest BCUT2D eigenvalue weighted by Crippen LogP contribution is -2.39. The summed E-state index contributed by atoms with van der Waals surface area (Å²) in [6.07, 6.45) is 9.80. The van der Waals surface area contributed by atoms with Crippen LogP contribution in [0.25, 0.3) is 22.5 Å². The highest BCUT2D eigenvalue weighted by atomic mass is 35.5. The Hall–Kier alpha value is -2.11. The van der Waals surface area contributed by atoms with E-state index < -0.39 is 0 Å². The summed E-state index contributed by atoms with van der Waals surface area (Å²) in [4.78, 5) is 7.01. The molecule has 1 aliphatic rings. The van der Waals surface area contributed by atoms with Gasteiger partial charge in [0.05, 0.1) is 30.1 Å². The smallest absolute Gasteiger partial charge is 0.0951 e. The lowest BCUT2D eigenvalue weighted by molar-refractivity contribution is 0.160. The van der Waals surface area contributed by atoms with E-state index in [2.05, 4.69) is 55.8 Å². The van der Waals surface area contributed by atoms with Crippen molar-refractivity contribution in [3.63, 3.8) is 0 Å². The van der Waals surface area contributed by atoms with Crippen LogP contribution in [0.1, 0.15) is 26.2 Å². The van der Waals surface area contributed by atoms with Gasteiger partial charge < -0.3 is 4.57 Å². The minimum Gasteiger partial charge on any atom is -0.329 e. The van der Waals surface area contributed by atoms with Crippen molar-refractivity contribution in [2.24, 2.45) is 0 Å². The molecule has 1 atom stereocenters. The zero-order valence-electron chi connectivity index (χ0n) is 15.1. The third-order valence-corrected chi connectivity index (χ3v) is 5.16. The molecule has 1 saturated heterocycles. The fourth-order valence-electron chi connectivity index (χ4n) is 3.76. The van der Waals surface area contributed by atoms with E-state index in [0.717, 1.165) is 29.1 Å². The van der Waals surface area contributed by atoms with E-state index in [1.54, 1.807) is 0 Å². The molecule has 26 heavy (non-hydrogen) atoms. The summed E-state index contributed by atoms with van der Waals surface area (Å²) in [5.74, 6) is 0. The third kappa shape index (κ3) is 3.84. The Balaban J connectivity index is 0.00000196. The molecule has 1 N–H and O–H groups in total. The molecule has 3 heterocycles. The van der Waals surface area contributed by atoms with Crippen LogP contribution in [0.4, 0.5) is 0 Å². The van der Waals surface area contributed by atoms with Crippen LogP contribution < -0.4 is 0 Å². The molecule has 0 bridgehead atoms. The molecule has 0 spiro atoms. The van der Waals surface area contributed by atoms with Gasteiger partial charge >= 0.3 is 0 Å². The predicted molar refractivity (Wildman–Crippen MR) is 107 cm³/mol. The number of H-pyrrole nitrogens is 1. The van der Waals surface area contributed by atoms with Crippen molar-refractivity contribution in [1.82, 2.24) is 24.6 Å². The number of benzene rings is 1. The minimum atomic E-state index is 0. The number of imidazole rings is 1. The lowest BCUT2D eigenvalue weighted by atomic mass is 10.1. The number of likely N-dealkylation sites (tertiary alicyclic amines) is 1. The number of aromatic nitrogens is 4. The Labute approximate surface area is 160 Å². The van der Waals surface area contributed by atoms with Gasteiger partial charge in [0.1, 0.15) is 0 Å². The number of hydrogen-bond acceptors (Lipinski definition) is 3. The number of rotatable bonds is 5. The van der Waals surface area contributed by atoms with E-state index in [4.69, 9.17) is 0 Å². The number of nitrogens with one attached hydrogen (secondary N) is 1. The van der Waals surface area contributed by atoms with Gasteiger partial charge in [0.2, 0.25) is 0 Å². The highest BCUT2D eigenvalue weighted by Gasteiger charge is 2.19. The van der Waals surface area contributed by atoms with Gasteiger partial charge in [-0.25, -0.2) is 4.98 Å². The van der Waals surface area contributed by atoms with Crippen molar-refractivity contribution in [2.45, 2.75) is 38.8 Å². The molecule has 1 unspecified atom stereocenters. The largest absolute Gasteiger partial charge is 0.329 e. The van der Waals surface area contributed by atoms with E-state index >= 15 is 0 Å². The summed E-state index contributed by atoms with van der Waals surface area (Å²) in [5.41, 5.74) is 4.42. The maximum atomic E-state index is 4.41. The first-order chi connectivity index (χ1) is 12.3. The van der Waals surface area contributed by atoms with Crippen LogP contribution in [0.15, 0.2) is 49.1 Å². The van der Waals surface area contributed by atoms with Crippen LogP contribution >= 0.6 is 12.4 Å². The molecule has 138 valence electrons. The van der Waals surface area contributed by atoms with Crippen molar-refractivity contribution in [1.29, 1.82) is 0 Å². The van der Waals surface area contributed by atoms with Crippen LogP contribution in [0.5, 0.6) is 0 Å². The van der Waals surface area contributed by atoms with Crippen LogP contribution in [0.3, 0.4) is 0 Å². The van der Waals surface area contributed by atoms with Crippen molar-refractivity contribution in [2.75, 3.05) is 13.1 Å². The first-order valence-corrected chi connectivity index (χ1v) is 9.16. The van der Waals surface area contributed by atoms with Gasteiger partial charge in [-0.15, -0.1) is 12.4 Å². The molecule has 1 fully saturated rings. The van der Waals surface area contributed by atoms with Gasteiger partial charge in [-0.1, -0.05) is 36.8 Å². The van der Waals surface area contributed by atoms with Gasteiger partial charge in [-0.05, 0) is 32.9 Å². The van der Waals surface area contributed by atoms with Gasteiger partial charge in [0.15, 0.2) is 0 Å². The highest BCUT2D eigenvalue weighted by Crippen LogP contribution is 2.30. The van der Waals surface area contributed by atoms with Gasteiger partial charge in [-0.2, -0.15) is 5.10 Å². The Morgan fingerprint density at radius 1 is 1.08 bits per heavy atom. The fourth-order valence-corrected chi connectivity index (χ4v) is 3.76. The van der Waals surface area contributed by atoms with E-state index in [9.17, 15) is 0 Å². The molecule has 0 radical (unpaired) electrons. The van der Waals surface area contributed by atoms with E-state index in [0.29, 0.717) is 6.04 Å². The standard InChI is InChI=1S/C20H25N5.ClH/c1-16(24-10-6-3-7-11-24)14-25-15-21-13-19(25)18-12-22-23-20(18)17-8-4-2-5-9-17;/h2,4-5,8-9,12-13,15-16H,3,6-7,10-11,14H2,1H3,(H,22,23);1H. The Morgan fingerprint density at radius 3 is 2.62 bits per heavy atom. The molecule has 0 aliphatic carbocycles. The Morgan fingerprint density at radius 2 is 1.85 bits per heavy atom. The maximum Gasteiger partial charge on any atom is 0.0951 e. The minimum absolute atomic E-state index is 0. The molecule has 4 rings (SSSR count). The number of hydrogen-bond donors (Lipinski definition) is 1. The number of halogens is 1. The van der Waals surface area contributed by atoms with Gasteiger partial charge in [0, 0.05) is 23.7 Å². The molecule has 3 aromatic rings. The normalized spacial score (nSPS) is 16.2. The van der Waals surface area contributed by atoms with Crippen molar-refractivity contribution in [3.8, 4) is 22.5 Å². The molecule has 0 saturated carbocycles. The average Bonchev–Trinajstić information content (AvgIpc) is 3.32. The number of piperidine rings is 1. The first-order valence-electron chi connectivity index (χ1n) is 9.16. The molecule has 0 amide bonds. The second kappa shape index (κ2) is 8.52. The topological polar surface area (TPSA) is 49.7 Å². The second-order valence-corrected chi connectivity index (χ2v) is 6.90. The predicted octanol–water partition coefficient (Wildman–Crippen LogP) is 4.24. The summed E-state index contributed by atoms with van der Waals surface area (Å²) >= 11 is 0. The summed E-state index contributed by atoms with van der Waals surface area (Å²) in [6, 6.07) is 10.9. The number of aromatic amines is 1. The van der Waals surface area contributed by atoms with E-state index in [1.807, 2.05) is 24.8 Å². The SMILES string of the molecule is CC(Cn1cncc1-c1cn[nH]c1-c1ccccc1)N1CCCCC1.Cl. The molecule has 1 aromatic carbocycles. The molecule has 2 aromatic heterocycles. The van der Waals surface area contributed by atoms with Crippen molar-refractivity contribution >= 4 is 12.4 Å². The summed E-state index contributed by atoms with van der Waals surface area (Å²) in [7, 11) is 0. The molecule has 1 aliphatic heterocycles. The molecular weight excluding hydrogens is 346 g/mol. The fraction of sp³-hybridized carbons (Fsp3) is 0.400. The van der Waals surface area contributed by atoms with Gasteiger partial charge in [0.25, 0.3) is 0 Å². The quantitative estimate of drug-likeness (QED) is 0.729. The molecule has 5 nitrogen and oxygen atoms in total.